The minimum absolute atomic E-state index is 0.301. The monoisotopic (exact) mass is 236 g/mol. The van der Waals surface area contributed by atoms with Crippen molar-refractivity contribution in [2.75, 3.05) is 0 Å². The second-order valence-corrected chi connectivity index (χ2v) is 2.85. The molecule has 0 aliphatic rings. The number of rotatable bonds is 1. The van der Waals surface area contributed by atoms with Crippen LogP contribution in [0.5, 0.6) is 0 Å². The minimum atomic E-state index is -4.39. The number of alkyl halides is 3. The van der Waals surface area contributed by atoms with Gasteiger partial charge in [-0.3, -0.25) is 0 Å². The average Bonchev–Trinajstić information content (AvgIpc) is 2.18. The van der Waals surface area contributed by atoms with Crippen molar-refractivity contribution in [2.45, 2.75) is 20.0 Å². The first-order chi connectivity index (χ1) is 6.95. The van der Waals surface area contributed by atoms with Gasteiger partial charge in [0.1, 0.15) is 0 Å². The molecule has 0 aliphatic heterocycles. The van der Waals surface area contributed by atoms with Crippen LogP contribution in [0.4, 0.5) is 13.2 Å². The van der Waals surface area contributed by atoms with Crippen LogP contribution in [0.1, 0.15) is 25.0 Å². The summed E-state index contributed by atoms with van der Waals surface area (Å²) >= 11 is 5.43. The van der Waals surface area contributed by atoms with E-state index in [0.717, 1.165) is 6.07 Å². The van der Waals surface area contributed by atoms with E-state index < -0.39 is 11.7 Å². The Morgan fingerprint density at radius 2 is 1.80 bits per heavy atom. The van der Waals surface area contributed by atoms with Gasteiger partial charge in [0.05, 0.1) is 10.6 Å². The first-order valence-electron chi connectivity index (χ1n) is 4.44. The normalized spacial score (nSPS) is 10.3. The third kappa shape index (κ3) is 3.96. The second-order valence-electron chi connectivity index (χ2n) is 2.44. The molecule has 0 aliphatic carbocycles. The Balaban J connectivity index is 0.000000921. The number of hydrogen-bond acceptors (Lipinski definition) is 0. The predicted molar refractivity (Wildman–Crippen MR) is 57.9 cm³/mol. The highest BCUT2D eigenvalue weighted by Crippen LogP contribution is 2.34. The Kier molecular flexibility index (Phi) is 5.44. The molecule has 0 unspecified atom stereocenters. The summed E-state index contributed by atoms with van der Waals surface area (Å²) in [6.45, 7) is 7.42. The zero-order valence-corrected chi connectivity index (χ0v) is 9.28. The SMILES string of the molecule is C=Cc1ccc(C(F)(F)F)c(Cl)c1.CC. The van der Waals surface area contributed by atoms with Crippen LogP contribution in [0, 0.1) is 0 Å². The van der Waals surface area contributed by atoms with Crippen molar-refractivity contribution in [3.8, 4) is 0 Å². The molecule has 1 aromatic rings. The van der Waals surface area contributed by atoms with Crippen LogP contribution in [0.3, 0.4) is 0 Å². The van der Waals surface area contributed by atoms with Gasteiger partial charge in [-0.05, 0) is 17.7 Å². The molecule has 84 valence electrons. The maximum Gasteiger partial charge on any atom is 0.417 e. The molecule has 0 saturated carbocycles. The second kappa shape index (κ2) is 5.81. The van der Waals surface area contributed by atoms with Crippen molar-refractivity contribution >= 4 is 17.7 Å². The van der Waals surface area contributed by atoms with E-state index in [-0.39, 0.29) is 5.02 Å². The standard InChI is InChI=1S/C9H6ClF3.C2H6/c1-2-6-3-4-7(8(10)5-6)9(11,12)13;1-2/h2-5H,1H2;1-2H3. The predicted octanol–water partition coefficient (Wildman–Crippen LogP) is 5.03. The van der Waals surface area contributed by atoms with Crippen molar-refractivity contribution in [3.05, 3.63) is 40.9 Å². The molecule has 0 heterocycles. The van der Waals surface area contributed by atoms with Gasteiger partial charge in [-0.1, -0.05) is 44.2 Å². The summed E-state index contributed by atoms with van der Waals surface area (Å²) in [6, 6.07) is 3.50. The fraction of sp³-hybridized carbons (Fsp3) is 0.273. The average molecular weight is 237 g/mol. The largest absolute Gasteiger partial charge is 0.417 e. The van der Waals surface area contributed by atoms with Crippen LogP contribution in [0.2, 0.25) is 5.02 Å². The molecule has 0 spiro atoms. The molecule has 0 radical (unpaired) electrons. The highest BCUT2D eigenvalue weighted by Gasteiger charge is 2.32. The molecule has 4 heteroatoms. The van der Waals surface area contributed by atoms with Gasteiger partial charge in [-0.25, -0.2) is 0 Å². The Morgan fingerprint density at radius 1 is 1.27 bits per heavy atom. The molecule has 0 nitrogen and oxygen atoms in total. The van der Waals surface area contributed by atoms with Gasteiger partial charge in [0.15, 0.2) is 0 Å². The van der Waals surface area contributed by atoms with E-state index >= 15 is 0 Å². The summed E-state index contributed by atoms with van der Waals surface area (Å²) in [5.74, 6) is 0. The molecule has 0 amide bonds. The number of halogens is 4. The van der Waals surface area contributed by atoms with Crippen LogP contribution in [-0.4, -0.2) is 0 Å². The topological polar surface area (TPSA) is 0 Å². The summed E-state index contributed by atoms with van der Waals surface area (Å²) in [6.07, 6.45) is -2.96. The summed E-state index contributed by atoms with van der Waals surface area (Å²) < 4.78 is 36.5. The van der Waals surface area contributed by atoms with E-state index in [9.17, 15) is 13.2 Å². The van der Waals surface area contributed by atoms with Crippen LogP contribution in [0.25, 0.3) is 6.08 Å². The molecule has 1 aromatic carbocycles. The molecular formula is C11H12ClF3. The summed E-state index contributed by atoms with van der Waals surface area (Å²) in [4.78, 5) is 0. The maximum atomic E-state index is 12.2. The summed E-state index contributed by atoms with van der Waals surface area (Å²) in [7, 11) is 0. The quantitative estimate of drug-likeness (QED) is 0.642. The van der Waals surface area contributed by atoms with Crippen LogP contribution in [0.15, 0.2) is 24.8 Å². The molecule has 0 bridgehead atoms. The zero-order chi connectivity index (χ0) is 12.1. The summed E-state index contributed by atoms with van der Waals surface area (Å²) in [5.41, 5.74) is -0.252. The molecule has 0 N–H and O–H groups in total. The lowest BCUT2D eigenvalue weighted by Crippen LogP contribution is -2.05. The molecule has 0 atom stereocenters. The van der Waals surface area contributed by atoms with Gasteiger partial charge in [0.2, 0.25) is 0 Å². The zero-order valence-electron chi connectivity index (χ0n) is 8.53. The third-order valence-corrected chi connectivity index (χ3v) is 1.85. The van der Waals surface area contributed by atoms with Crippen molar-refractivity contribution in [1.29, 1.82) is 0 Å². The van der Waals surface area contributed by atoms with Gasteiger partial charge < -0.3 is 0 Å². The highest BCUT2D eigenvalue weighted by molar-refractivity contribution is 6.31. The molecule has 0 fully saturated rings. The number of hydrogen-bond donors (Lipinski definition) is 0. The van der Waals surface area contributed by atoms with E-state index in [2.05, 4.69) is 6.58 Å². The van der Waals surface area contributed by atoms with Gasteiger partial charge in [-0.15, -0.1) is 0 Å². The van der Waals surface area contributed by atoms with E-state index in [1.54, 1.807) is 0 Å². The lowest BCUT2D eigenvalue weighted by Gasteiger charge is -2.08. The smallest absolute Gasteiger partial charge is 0.166 e. The van der Waals surface area contributed by atoms with Gasteiger partial charge in [0, 0.05) is 0 Å². The Hall–Kier alpha value is -0.960. The van der Waals surface area contributed by atoms with Crippen molar-refractivity contribution in [2.24, 2.45) is 0 Å². The third-order valence-electron chi connectivity index (χ3n) is 1.53. The first-order valence-corrected chi connectivity index (χ1v) is 4.82. The molecule has 0 aromatic heterocycles. The fourth-order valence-electron chi connectivity index (χ4n) is 0.888. The van der Waals surface area contributed by atoms with E-state index in [1.165, 1.54) is 18.2 Å². The van der Waals surface area contributed by atoms with Gasteiger partial charge >= 0.3 is 6.18 Å². The fourth-order valence-corrected chi connectivity index (χ4v) is 1.18. The minimum Gasteiger partial charge on any atom is -0.166 e. The van der Waals surface area contributed by atoms with Gasteiger partial charge in [0.25, 0.3) is 0 Å². The molecule has 0 saturated heterocycles. The lowest BCUT2D eigenvalue weighted by molar-refractivity contribution is -0.137. The lowest BCUT2D eigenvalue weighted by atomic mass is 10.1. The van der Waals surface area contributed by atoms with Crippen molar-refractivity contribution in [3.63, 3.8) is 0 Å². The molecular weight excluding hydrogens is 225 g/mol. The van der Waals surface area contributed by atoms with E-state index in [4.69, 9.17) is 11.6 Å². The first kappa shape index (κ1) is 14.0. The van der Waals surface area contributed by atoms with Crippen LogP contribution >= 0.6 is 11.6 Å². The highest BCUT2D eigenvalue weighted by atomic mass is 35.5. The Bertz CT molecular complexity index is 329. The van der Waals surface area contributed by atoms with Crippen LogP contribution < -0.4 is 0 Å². The number of benzene rings is 1. The Labute approximate surface area is 92.4 Å². The maximum absolute atomic E-state index is 12.2. The van der Waals surface area contributed by atoms with E-state index in [1.807, 2.05) is 13.8 Å². The molecule has 15 heavy (non-hydrogen) atoms. The van der Waals surface area contributed by atoms with Gasteiger partial charge in [-0.2, -0.15) is 13.2 Å². The molecule has 1 rings (SSSR count). The van der Waals surface area contributed by atoms with Crippen molar-refractivity contribution < 1.29 is 13.2 Å². The van der Waals surface area contributed by atoms with E-state index in [0.29, 0.717) is 5.56 Å². The van der Waals surface area contributed by atoms with Crippen molar-refractivity contribution in [1.82, 2.24) is 0 Å². The Morgan fingerprint density at radius 3 is 2.13 bits per heavy atom. The summed E-state index contributed by atoms with van der Waals surface area (Å²) in [5, 5.41) is -0.301. The van der Waals surface area contributed by atoms with Crippen LogP contribution in [-0.2, 0) is 6.18 Å².